The lowest BCUT2D eigenvalue weighted by molar-refractivity contribution is 0.0690. The molecule has 3 aromatic carbocycles. The second-order valence-corrected chi connectivity index (χ2v) is 7.08. The van der Waals surface area contributed by atoms with Crippen molar-refractivity contribution in [1.29, 1.82) is 0 Å². The zero-order valence-electron chi connectivity index (χ0n) is 16.1. The van der Waals surface area contributed by atoms with E-state index in [1.54, 1.807) is 13.2 Å². The first kappa shape index (κ1) is 19.0. The third-order valence-corrected chi connectivity index (χ3v) is 5.21. The third-order valence-electron chi connectivity index (χ3n) is 4.87. The van der Waals surface area contributed by atoms with Crippen molar-refractivity contribution < 1.29 is 9.53 Å². The van der Waals surface area contributed by atoms with Crippen LogP contribution < -0.4 is 10.1 Å². The van der Waals surface area contributed by atoms with E-state index < -0.39 is 6.17 Å². The summed E-state index contributed by atoms with van der Waals surface area (Å²) in [7, 11) is 1.62. The van der Waals surface area contributed by atoms with E-state index in [1.807, 2.05) is 73.7 Å². The van der Waals surface area contributed by atoms with Gasteiger partial charge in [-0.15, -0.1) is 0 Å². The van der Waals surface area contributed by atoms with Crippen molar-refractivity contribution >= 4 is 28.9 Å². The van der Waals surface area contributed by atoms with E-state index in [0.29, 0.717) is 16.3 Å². The highest BCUT2D eigenvalue weighted by Crippen LogP contribution is 2.36. The summed E-state index contributed by atoms with van der Waals surface area (Å²) in [5, 5.41) is 10.1. The molecule has 0 spiro atoms. The number of rotatable bonds is 4. The van der Waals surface area contributed by atoms with Crippen molar-refractivity contribution in [3.63, 3.8) is 0 Å². The molecule has 1 amide bonds. The van der Waals surface area contributed by atoms with Gasteiger partial charge in [-0.2, -0.15) is 5.10 Å². The molecule has 1 heterocycles. The van der Waals surface area contributed by atoms with Gasteiger partial charge in [-0.25, -0.2) is 5.01 Å². The molecule has 0 radical (unpaired) electrons. The van der Waals surface area contributed by atoms with Gasteiger partial charge in [0.25, 0.3) is 5.91 Å². The number of nitrogens with one attached hydrogen (secondary N) is 1. The number of para-hydroxylation sites is 1. The Kier molecular flexibility index (Phi) is 5.23. The Morgan fingerprint density at radius 1 is 1.03 bits per heavy atom. The number of fused-ring (bicyclic) bond motifs is 1. The molecule has 1 N–H and O–H groups in total. The average molecular weight is 406 g/mol. The fourth-order valence-corrected chi connectivity index (χ4v) is 3.54. The van der Waals surface area contributed by atoms with Crippen LogP contribution in [0, 0.1) is 0 Å². The maximum Gasteiger partial charge on any atom is 0.278 e. The molecule has 1 atom stereocenters. The van der Waals surface area contributed by atoms with E-state index in [2.05, 4.69) is 10.4 Å². The maximum atomic E-state index is 13.3. The molecule has 0 aromatic heterocycles. The Morgan fingerprint density at radius 2 is 1.72 bits per heavy atom. The molecule has 5 nitrogen and oxygen atoms in total. The van der Waals surface area contributed by atoms with Crippen molar-refractivity contribution in [3.05, 3.63) is 94.5 Å². The SMILES string of the molecule is COc1ccc(C(C)=NN2C(=O)c3ccccc3NC2c2ccccc2Cl)cc1. The van der Waals surface area contributed by atoms with Crippen LogP contribution in [0.2, 0.25) is 5.02 Å². The average Bonchev–Trinajstić information content (AvgIpc) is 2.76. The standard InChI is InChI=1S/C23H20ClN3O2/c1-15(16-11-13-17(29-2)14-12-16)26-27-22(18-7-3-5-9-20(18)24)25-21-10-6-4-8-19(21)23(27)28/h3-14,22,25H,1-2H3. The lowest BCUT2D eigenvalue weighted by Gasteiger charge is -2.35. The largest absolute Gasteiger partial charge is 0.497 e. The van der Waals surface area contributed by atoms with Crippen LogP contribution in [0.15, 0.2) is 77.9 Å². The number of amides is 1. The fraction of sp³-hybridized carbons (Fsp3) is 0.130. The van der Waals surface area contributed by atoms with Gasteiger partial charge in [-0.1, -0.05) is 41.9 Å². The first-order chi connectivity index (χ1) is 14.1. The minimum absolute atomic E-state index is 0.183. The summed E-state index contributed by atoms with van der Waals surface area (Å²) in [5.74, 6) is 0.581. The fourth-order valence-electron chi connectivity index (χ4n) is 3.31. The first-order valence-electron chi connectivity index (χ1n) is 9.21. The molecule has 1 aliphatic rings. The van der Waals surface area contributed by atoms with Crippen molar-refractivity contribution in [2.45, 2.75) is 13.1 Å². The van der Waals surface area contributed by atoms with Crippen LogP contribution in [-0.2, 0) is 0 Å². The summed E-state index contributed by atoms with van der Waals surface area (Å²) >= 11 is 6.44. The van der Waals surface area contributed by atoms with E-state index in [0.717, 1.165) is 22.6 Å². The first-order valence-corrected chi connectivity index (χ1v) is 9.59. The van der Waals surface area contributed by atoms with Crippen LogP contribution in [0.3, 0.4) is 0 Å². The number of ether oxygens (including phenoxy) is 1. The summed E-state index contributed by atoms with van der Waals surface area (Å²) in [5.41, 5.74) is 3.72. The molecule has 6 heteroatoms. The zero-order chi connectivity index (χ0) is 20.4. The molecule has 0 fully saturated rings. The van der Waals surface area contributed by atoms with Crippen LogP contribution >= 0.6 is 11.6 Å². The number of nitrogens with zero attached hydrogens (tertiary/aromatic N) is 2. The summed E-state index contributed by atoms with van der Waals surface area (Å²) < 4.78 is 5.21. The number of hydrogen-bond acceptors (Lipinski definition) is 4. The number of hydrogen-bond donors (Lipinski definition) is 1. The van der Waals surface area contributed by atoms with E-state index in [9.17, 15) is 4.79 Å². The molecule has 0 saturated heterocycles. The Balaban J connectivity index is 1.78. The highest BCUT2D eigenvalue weighted by atomic mass is 35.5. The van der Waals surface area contributed by atoms with E-state index in [1.165, 1.54) is 5.01 Å². The number of hydrazone groups is 1. The lowest BCUT2D eigenvalue weighted by Crippen LogP contribution is -2.40. The molecular weight excluding hydrogens is 386 g/mol. The predicted molar refractivity (Wildman–Crippen MR) is 116 cm³/mol. The second kappa shape index (κ2) is 7.97. The summed E-state index contributed by atoms with van der Waals surface area (Å²) in [6, 6.07) is 22.4. The molecule has 3 aromatic rings. The quantitative estimate of drug-likeness (QED) is 0.596. The number of methoxy groups -OCH3 is 1. The summed E-state index contributed by atoms with van der Waals surface area (Å²) in [6.07, 6.45) is -0.515. The summed E-state index contributed by atoms with van der Waals surface area (Å²) in [6.45, 7) is 1.87. The normalized spacial score (nSPS) is 16.2. The van der Waals surface area contributed by atoms with Crippen molar-refractivity contribution in [3.8, 4) is 5.75 Å². The molecule has 1 unspecified atom stereocenters. The molecule has 146 valence electrons. The van der Waals surface area contributed by atoms with Gasteiger partial charge in [-0.3, -0.25) is 4.79 Å². The monoisotopic (exact) mass is 405 g/mol. The maximum absolute atomic E-state index is 13.3. The lowest BCUT2D eigenvalue weighted by atomic mass is 10.0. The highest BCUT2D eigenvalue weighted by molar-refractivity contribution is 6.31. The number of benzene rings is 3. The van der Waals surface area contributed by atoms with Crippen LogP contribution in [0.5, 0.6) is 5.75 Å². The van der Waals surface area contributed by atoms with Crippen molar-refractivity contribution in [1.82, 2.24) is 5.01 Å². The van der Waals surface area contributed by atoms with Gasteiger partial charge in [0.05, 0.1) is 18.4 Å². The second-order valence-electron chi connectivity index (χ2n) is 6.68. The van der Waals surface area contributed by atoms with Gasteiger partial charge >= 0.3 is 0 Å². The molecule has 1 aliphatic heterocycles. The van der Waals surface area contributed by atoms with Crippen molar-refractivity contribution in [2.24, 2.45) is 5.10 Å². The Labute approximate surface area is 174 Å². The van der Waals surface area contributed by atoms with E-state index in [4.69, 9.17) is 16.3 Å². The molecular formula is C23H20ClN3O2. The molecule has 0 bridgehead atoms. The molecule has 0 saturated carbocycles. The Bertz CT molecular complexity index is 1080. The number of carbonyl (C=O) groups excluding carboxylic acids is 1. The van der Waals surface area contributed by atoms with Gasteiger partial charge in [0.2, 0.25) is 0 Å². The minimum Gasteiger partial charge on any atom is -0.497 e. The highest BCUT2D eigenvalue weighted by Gasteiger charge is 2.34. The third kappa shape index (κ3) is 3.69. The predicted octanol–water partition coefficient (Wildman–Crippen LogP) is 5.34. The minimum atomic E-state index is -0.515. The number of halogens is 1. The molecule has 29 heavy (non-hydrogen) atoms. The number of carbonyl (C=O) groups is 1. The van der Waals surface area contributed by atoms with Crippen LogP contribution in [0.4, 0.5) is 5.69 Å². The van der Waals surface area contributed by atoms with Crippen molar-refractivity contribution in [2.75, 3.05) is 12.4 Å². The van der Waals surface area contributed by atoms with E-state index in [-0.39, 0.29) is 5.91 Å². The Hall–Kier alpha value is -3.31. The smallest absolute Gasteiger partial charge is 0.278 e. The van der Waals surface area contributed by atoms with Gasteiger partial charge in [0.15, 0.2) is 6.17 Å². The summed E-state index contributed by atoms with van der Waals surface area (Å²) in [4.78, 5) is 13.3. The molecule has 0 aliphatic carbocycles. The Morgan fingerprint density at radius 3 is 2.45 bits per heavy atom. The number of anilines is 1. The van der Waals surface area contributed by atoms with Gasteiger partial charge in [0, 0.05) is 16.3 Å². The van der Waals surface area contributed by atoms with Crippen LogP contribution in [-0.4, -0.2) is 23.7 Å². The van der Waals surface area contributed by atoms with Gasteiger partial charge < -0.3 is 10.1 Å². The van der Waals surface area contributed by atoms with E-state index >= 15 is 0 Å². The van der Waals surface area contributed by atoms with Crippen LogP contribution in [0.1, 0.15) is 34.6 Å². The molecule has 4 rings (SSSR count). The topological polar surface area (TPSA) is 53.9 Å². The zero-order valence-corrected chi connectivity index (χ0v) is 16.9. The van der Waals surface area contributed by atoms with Crippen LogP contribution in [0.25, 0.3) is 0 Å². The van der Waals surface area contributed by atoms with Gasteiger partial charge in [0.1, 0.15) is 5.75 Å². The van der Waals surface area contributed by atoms with Gasteiger partial charge in [-0.05, 0) is 55.0 Å².